The molecule has 0 fully saturated rings. The molecule has 0 N–H and O–H groups in total. The van der Waals surface area contributed by atoms with Crippen LogP contribution in [0.1, 0.15) is 21.2 Å². The molecule has 0 bridgehead atoms. The Morgan fingerprint density at radius 3 is 2.67 bits per heavy atom. The fourth-order valence-corrected chi connectivity index (χ4v) is 2.80. The van der Waals surface area contributed by atoms with Gasteiger partial charge in [-0.15, -0.1) is 0 Å². The van der Waals surface area contributed by atoms with Gasteiger partial charge in [0.2, 0.25) is 0 Å². The molecule has 2 aromatic rings. The lowest BCUT2D eigenvalue weighted by Crippen LogP contribution is -2.12. The van der Waals surface area contributed by atoms with Crippen LogP contribution in [0.15, 0.2) is 30.3 Å². The van der Waals surface area contributed by atoms with Crippen molar-refractivity contribution in [1.29, 1.82) is 5.26 Å². The Hall–Kier alpha value is -2.30. The largest absolute Gasteiger partial charge is 0.324 e. The molecule has 8 heteroatoms. The normalized spacial score (nSPS) is 11.7. The summed E-state index contributed by atoms with van der Waals surface area (Å²) in [6.07, 6.45) is 0. The van der Waals surface area contributed by atoms with Crippen molar-refractivity contribution >= 4 is 33.7 Å². The van der Waals surface area contributed by atoms with Crippen molar-refractivity contribution in [3.8, 4) is 6.07 Å². The van der Waals surface area contributed by atoms with Crippen LogP contribution in [0.3, 0.4) is 0 Å². The number of thiophene rings is 1. The van der Waals surface area contributed by atoms with E-state index in [-0.39, 0.29) is 20.5 Å². The summed E-state index contributed by atoms with van der Waals surface area (Å²) in [5, 5.41) is 19.5. The summed E-state index contributed by atoms with van der Waals surface area (Å²) >= 11 is 6.48. The van der Waals surface area contributed by atoms with E-state index < -0.39 is 22.4 Å². The van der Waals surface area contributed by atoms with Crippen LogP contribution in [-0.4, -0.2) is 10.7 Å². The average molecular weight is 325 g/mol. The van der Waals surface area contributed by atoms with Gasteiger partial charge in [-0.2, -0.15) is 5.26 Å². The number of nitro groups is 1. The second kappa shape index (κ2) is 5.99. The lowest BCUT2D eigenvalue weighted by Gasteiger charge is -2.10. The zero-order chi connectivity index (χ0) is 15.6. The van der Waals surface area contributed by atoms with Gasteiger partial charge in [0.15, 0.2) is 5.78 Å². The van der Waals surface area contributed by atoms with Gasteiger partial charge in [0.1, 0.15) is 11.7 Å². The maximum atomic E-state index is 13.8. The third-order valence-electron chi connectivity index (χ3n) is 2.69. The van der Waals surface area contributed by atoms with Crippen molar-refractivity contribution in [2.24, 2.45) is 0 Å². The van der Waals surface area contributed by atoms with E-state index in [1.165, 1.54) is 18.2 Å². The Kier molecular flexibility index (Phi) is 4.31. The first kappa shape index (κ1) is 15.1. The molecular weight excluding hydrogens is 319 g/mol. The number of hydrogen-bond acceptors (Lipinski definition) is 5. The van der Waals surface area contributed by atoms with Gasteiger partial charge in [-0.3, -0.25) is 14.9 Å². The lowest BCUT2D eigenvalue weighted by atomic mass is 9.94. The van der Waals surface area contributed by atoms with E-state index in [0.29, 0.717) is 11.3 Å². The Morgan fingerprint density at radius 2 is 2.14 bits per heavy atom. The highest BCUT2D eigenvalue weighted by Crippen LogP contribution is 2.33. The lowest BCUT2D eigenvalue weighted by molar-refractivity contribution is -0.380. The highest BCUT2D eigenvalue weighted by molar-refractivity contribution is 7.17. The van der Waals surface area contributed by atoms with Crippen LogP contribution in [0.2, 0.25) is 5.02 Å². The van der Waals surface area contributed by atoms with Crippen molar-refractivity contribution in [2.45, 2.75) is 5.92 Å². The van der Waals surface area contributed by atoms with Gasteiger partial charge in [0.05, 0.1) is 15.9 Å². The second-order valence-electron chi connectivity index (χ2n) is 3.96. The number of nitrogens with zero attached hydrogens (tertiary/aromatic N) is 2. The molecule has 0 saturated carbocycles. The van der Waals surface area contributed by atoms with E-state index in [4.69, 9.17) is 16.9 Å². The van der Waals surface area contributed by atoms with E-state index in [1.54, 1.807) is 6.07 Å². The van der Waals surface area contributed by atoms with Gasteiger partial charge < -0.3 is 0 Å². The predicted molar refractivity (Wildman–Crippen MR) is 75.1 cm³/mol. The maximum Gasteiger partial charge on any atom is 0.324 e. The molecule has 0 radical (unpaired) electrons. The van der Waals surface area contributed by atoms with Gasteiger partial charge in [0, 0.05) is 16.7 Å². The molecule has 106 valence electrons. The van der Waals surface area contributed by atoms with Gasteiger partial charge in [-0.05, 0) is 18.2 Å². The minimum absolute atomic E-state index is 0.00701. The van der Waals surface area contributed by atoms with Crippen LogP contribution < -0.4 is 0 Å². The predicted octanol–water partition coefficient (Wildman–Crippen LogP) is 3.94. The fourth-order valence-electron chi connectivity index (χ4n) is 1.74. The molecule has 1 aromatic carbocycles. The third-order valence-corrected chi connectivity index (χ3v) is 4.08. The molecule has 0 saturated heterocycles. The first-order valence-electron chi connectivity index (χ1n) is 5.57. The molecule has 2 rings (SSSR count). The zero-order valence-electron chi connectivity index (χ0n) is 10.2. The summed E-state index contributed by atoms with van der Waals surface area (Å²) in [4.78, 5) is 22.2. The second-order valence-corrected chi connectivity index (χ2v) is 5.43. The smallest absolute Gasteiger partial charge is 0.291 e. The molecule has 0 aliphatic rings. The van der Waals surface area contributed by atoms with Gasteiger partial charge in [-0.1, -0.05) is 29.0 Å². The Balaban J connectivity index is 2.44. The van der Waals surface area contributed by atoms with Crippen LogP contribution in [0.25, 0.3) is 0 Å². The summed E-state index contributed by atoms with van der Waals surface area (Å²) < 4.78 is 13.8. The SMILES string of the molecule is N#CC(C(=O)c1ccc([N+](=O)[O-])s1)c1c(F)cccc1Cl. The number of rotatable bonds is 4. The van der Waals surface area contributed by atoms with E-state index in [0.717, 1.165) is 12.1 Å². The Bertz CT molecular complexity index is 749. The molecule has 21 heavy (non-hydrogen) atoms. The minimum Gasteiger partial charge on any atom is -0.291 e. The number of carbonyl (C=O) groups excluding carboxylic acids is 1. The first-order chi connectivity index (χ1) is 9.95. The number of nitriles is 1. The summed E-state index contributed by atoms with van der Waals surface area (Å²) in [7, 11) is 0. The molecule has 5 nitrogen and oxygen atoms in total. The molecule has 1 unspecified atom stereocenters. The Morgan fingerprint density at radius 1 is 1.43 bits per heavy atom. The summed E-state index contributed by atoms with van der Waals surface area (Å²) in [6, 6.07) is 7.92. The molecule has 0 spiro atoms. The van der Waals surface area contributed by atoms with Crippen molar-refractivity contribution in [3.63, 3.8) is 0 Å². The quantitative estimate of drug-likeness (QED) is 0.484. The molecular formula is C13H6ClFN2O3S. The van der Waals surface area contributed by atoms with Crippen LogP contribution in [0.5, 0.6) is 0 Å². The van der Waals surface area contributed by atoms with E-state index >= 15 is 0 Å². The third kappa shape index (κ3) is 2.91. The van der Waals surface area contributed by atoms with Crippen LogP contribution in [-0.2, 0) is 0 Å². The fraction of sp³-hybridized carbons (Fsp3) is 0.0769. The van der Waals surface area contributed by atoms with E-state index in [1.807, 2.05) is 0 Å². The minimum atomic E-state index is -1.45. The maximum absolute atomic E-state index is 13.8. The topological polar surface area (TPSA) is 84.0 Å². The number of carbonyl (C=O) groups is 1. The number of hydrogen-bond donors (Lipinski definition) is 0. The number of halogens is 2. The van der Waals surface area contributed by atoms with Gasteiger partial charge in [-0.25, -0.2) is 4.39 Å². The number of ketones is 1. The van der Waals surface area contributed by atoms with Crippen LogP contribution >= 0.6 is 22.9 Å². The van der Waals surface area contributed by atoms with Crippen molar-refractivity contribution in [2.75, 3.05) is 0 Å². The summed E-state index contributed by atoms with van der Waals surface area (Å²) in [5.74, 6) is -2.94. The zero-order valence-corrected chi connectivity index (χ0v) is 11.8. The average Bonchev–Trinajstić information content (AvgIpc) is 2.92. The summed E-state index contributed by atoms with van der Waals surface area (Å²) in [6.45, 7) is 0. The number of benzene rings is 1. The molecule has 0 amide bonds. The molecule has 0 aliphatic carbocycles. The monoisotopic (exact) mass is 324 g/mol. The molecule has 1 atom stereocenters. The van der Waals surface area contributed by atoms with E-state index in [2.05, 4.69) is 0 Å². The summed E-state index contributed by atoms with van der Waals surface area (Å²) in [5.41, 5.74) is -0.220. The highest BCUT2D eigenvalue weighted by atomic mass is 35.5. The molecule has 1 heterocycles. The number of Topliss-reactive ketones (excluding diaryl/α,β-unsaturated/α-hetero) is 1. The molecule has 0 aliphatic heterocycles. The van der Waals surface area contributed by atoms with Gasteiger partial charge >= 0.3 is 5.00 Å². The van der Waals surface area contributed by atoms with Crippen LogP contribution in [0.4, 0.5) is 9.39 Å². The van der Waals surface area contributed by atoms with Crippen molar-refractivity contribution in [3.05, 3.63) is 61.7 Å². The molecule has 1 aromatic heterocycles. The van der Waals surface area contributed by atoms with Gasteiger partial charge in [0.25, 0.3) is 0 Å². The van der Waals surface area contributed by atoms with E-state index in [9.17, 15) is 19.3 Å². The van der Waals surface area contributed by atoms with Crippen molar-refractivity contribution in [1.82, 2.24) is 0 Å². The first-order valence-corrected chi connectivity index (χ1v) is 6.77. The highest BCUT2D eigenvalue weighted by Gasteiger charge is 2.29. The standard InChI is InChI=1S/C13H6ClFN2O3S/c14-8-2-1-3-9(15)12(8)7(6-16)13(18)10-4-5-11(21-10)17(19)20/h1-5,7H. The van der Waals surface area contributed by atoms with Crippen molar-refractivity contribution < 1.29 is 14.1 Å². The Labute approximate surface area is 127 Å². The van der Waals surface area contributed by atoms with Crippen LogP contribution in [0, 0.1) is 27.3 Å².